The minimum absolute atomic E-state index is 0.00958. The summed E-state index contributed by atoms with van der Waals surface area (Å²) in [7, 11) is 0. The molecule has 1 aliphatic rings. The van der Waals surface area contributed by atoms with Crippen molar-refractivity contribution < 1.29 is 14.7 Å². The molecule has 1 heterocycles. The van der Waals surface area contributed by atoms with Gasteiger partial charge in [0.1, 0.15) is 0 Å². The Morgan fingerprint density at radius 1 is 1.50 bits per heavy atom. The number of amides is 1. The molecule has 1 atom stereocenters. The summed E-state index contributed by atoms with van der Waals surface area (Å²) in [6, 6.07) is 0. The number of nitrogens with zero attached hydrogens (tertiary/aromatic N) is 1. The van der Waals surface area contributed by atoms with E-state index in [2.05, 4.69) is 5.32 Å². The van der Waals surface area contributed by atoms with Crippen LogP contribution >= 0.6 is 0 Å². The van der Waals surface area contributed by atoms with Gasteiger partial charge < -0.3 is 15.3 Å². The van der Waals surface area contributed by atoms with Gasteiger partial charge in [0.15, 0.2) is 0 Å². The van der Waals surface area contributed by atoms with Crippen LogP contribution in [0.15, 0.2) is 0 Å². The van der Waals surface area contributed by atoms with Crippen LogP contribution in [-0.4, -0.2) is 47.1 Å². The van der Waals surface area contributed by atoms with Gasteiger partial charge in [-0.1, -0.05) is 0 Å². The Hall–Kier alpha value is -1.10. The third-order valence-electron chi connectivity index (χ3n) is 3.11. The van der Waals surface area contributed by atoms with Crippen molar-refractivity contribution in [3.63, 3.8) is 0 Å². The van der Waals surface area contributed by atoms with Crippen molar-refractivity contribution in [2.45, 2.75) is 38.6 Å². The summed E-state index contributed by atoms with van der Waals surface area (Å²) >= 11 is 0. The van der Waals surface area contributed by atoms with E-state index in [0.29, 0.717) is 13.1 Å². The van der Waals surface area contributed by atoms with Crippen LogP contribution in [0.2, 0.25) is 0 Å². The van der Waals surface area contributed by atoms with E-state index in [1.54, 1.807) is 4.90 Å². The first kappa shape index (κ1) is 13.0. The zero-order chi connectivity index (χ0) is 12.2. The number of nitrogens with one attached hydrogen (secondary N) is 1. The number of carboxylic acids is 1. The lowest BCUT2D eigenvalue weighted by Gasteiger charge is -2.30. The van der Waals surface area contributed by atoms with Crippen LogP contribution in [0.4, 0.5) is 0 Å². The first-order valence-electron chi connectivity index (χ1n) is 5.76. The molecule has 1 amide bonds. The molecule has 0 saturated carbocycles. The Morgan fingerprint density at radius 2 is 2.19 bits per heavy atom. The van der Waals surface area contributed by atoms with Crippen molar-refractivity contribution in [3.05, 3.63) is 0 Å². The van der Waals surface area contributed by atoms with E-state index in [9.17, 15) is 9.59 Å². The number of rotatable bonds is 5. The molecule has 1 saturated heterocycles. The van der Waals surface area contributed by atoms with Gasteiger partial charge in [-0.15, -0.1) is 0 Å². The monoisotopic (exact) mass is 228 g/mol. The Balaban J connectivity index is 2.58. The van der Waals surface area contributed by atoms with Crippen LogP contribution in [0.5, 0.6) is 0 Å². The standard InChI is InChI=1S/C11H20N2O3/c1-3-13(8-5-9(14)15)10(16)11(2)6-4-7-12-11/h12H,3-8H2,1-2H3,(H,14,15). The molecule has 0 aromatic rings. The summed E-state index contributed by atoms with van der Waals surface area (Å²) < 4.78 is 0. The lowest BCUT2D eigenvalue weighted by atomic mass is 9.98. The fourth-order valence-electron chi connectivity index (χ4n) is 2.06. The first-order chi connectivity index (χ1) is 7.49. The second-order valence-corrected chi connectivity index (χ2v) is 4.39. The minimum atomic E-state index is -0.865. The van der Waals surface area contributed by atoms with Gasteiger partial charge in [-0.3, -0.25) is 9.59 Å². The second-order valence-electron chi connectivity index (χ2n) is 4.39. The third kappa shape index (κ3) is 2.95. The maximum Gasteiger partial charge on any atom is 0.305 e. The molecule has 0 radical (unpaired) electrons. The molecule has 0 spiro atoms. The van der Waals surface area contributed by atoms with Gasteiger partial charge in [0, 0.05) is 13.1 Å². The molecular weight excluding hydrogens is 208 g/mol. The molecule has 1 unspecified atom stereocenters. The fraction of sp³-hybridized carbons (Fsp3) is 0.818. The van der Waals surface area contributed by atoms with Crippen molar-refractivity contribution in [3.8, 4) is 0 Å². The van der Waals surface area contributed by atoms with E-state index in [4.69, 9.17) is 5.11 Å². The number of carboxylic acid groups (broad SMARTS) is 1. The maximum absolute atomic E-state index is 12.2. The van der Waals surface area contributed by atoms with Gasteiger partial charge in [-0.05, 0) is 33.2 Å². The van der Waals surface area contributed by atoms with Crippen molar-refractivity contribution in [1.29, 1.82) is 0 Å². The molecule has 0 aromatic heterocycles. The average molecular weight is 228 g/mol. The molecule has 5 nitrogen and oxygen atoms in total. The van der Waals surface area contributed by atoms with Crippen LogP contribution in [-0.2, 0) is 9.59 Å². The number of likely N-dealkylation sites (N-methyl/N-ethyl adjacent to an activating group) is 1. The highest BCUT2D eigenvalue weighted by Gasteiger charge is 2.38. The minimum Gasteiger partial charge on any atom is -0.481 e. The van der Waals surface area contributed by atoms with Gasteiger partial charge in [0.2, 0.25) is 5.91 Å². The Morgan fingerprint density at radius 3 is 2.62 bits per heavy atom. The zero-order valence-corrected chi connectivity index (χ0v) is 9.95. The Labute approximate surface area is 95.8 Å². The number of hydrogen-bond acceptors (Lipinski definition) is 3. The molecule has 1 aliphatic heterocycles. The summed E-state index contributed by atoms with van der Waals surface area (Å²) in [5.41, 5.74) is -0.492. The van der Waals surface area contributed by atoms with Gasteiger partial charge in [-0.2, -0.15) is 0 Å². The summed E-state index contributed by atoms with van der Waals surface area (Å²) in [6.07, 6.45) is 1.84. The molecule has 0 aromatic carbocycles. The topological polar surface area (TPSA) is 69.6 Å². The highest BCUT2D eigenvalue weighted by atomic mass is 16.4. The molecule has 0 aliphatic carbocycles. The van der Waals surface area contributed by atoms with Crippen molar-refractivity contribution >= 4 is 11.9 Å². The van der Waals surface area contributed by atoms with E-state index >= 15 is 0 Å². The van der Waals surface area contributed by atoms with Crippen molar-refractivity contribution in [2.24, 2.45) is 0 Å². The molecule has 16 heavy (non-hydrogen) atoms. The van der Waals surface area contributed by atoms with Gasteiger partial charge in [0.25, 0.3) is 0 Å². The number of aliphatic carboxylic acids is 1. The number of hydrogen-bond donors (Lipinski definition) is 2. The zero-order valence-electron chi connectivity index (χ0n) is 9.95. The summed E-state index contributed by atoms with van der Waals surface area (Å²) in [4.78, 5) is 24.3. The highest BCUT2D eigenvalue weighted by molar-refractivity contribution is 5.86. The van der Waals surface area contributed by atoms with Crippen LogP contribution in [0, 0.1) is 0 Å². The maximum atomic E-state index is 12.2. The SMILES string of the molecule is CCN(CCC(=O)O)C(=O)C1(C)CCCN1. The fourth-order valence-corrected chi connectivity index (χ4v) is 2.06. The Bertz CT molecular complexity index is 272. The predicted octanol–water partition coefficient (Wildman–Crippen LogP) is 0.452. The van der Waals surface area contributed by atoms with Crippen LogP contribution in [0.3, 0.4) is 0 Å². The van der Waals surface area contributed by atoms with E-state index in [1.165, 1.54) is 0 Å². The first-order valence-corrected chi connectivity index (χ1v) is 5.76. The normalized spacial score (nSPS) is 24.4. The van der Waals surface area contributed by atoms with Crippen LogP contribution in [0.1, 0.15) is 33.1 Å². The number of carbonyl (C=O) groups excluding carboxylic acids is 1. The smallest absolute Gasteiger partial charge is 0.305 e. The van der Waals surface area contributed by atoms with Crippen molar-refractivity contribution in [1.82, 2.24) is 10.2 Å². The van der Waals surface area contributed by atoms with Gasteiger partial charge in [-0.25, -0.2) is 0 Å². The molecule has 5 heteroatoms. The molecule has 0 bridgehead atoms. The van der Waals surface area contributed by atoms with Crippen LogP contribution < -0.4 is 5.32 Å². The average Bonchev–Trinajstić information content (AvgIpc) is 2.66. The quantitative estimate of drug-likeness (QED) is 0.717. The van der Waals surface area contributed by atoms with Gasteiger partial charge >= 0.3 is 5.97 Å². The third-order valence-corrected chi connectivity index (χ3v) is 3.11. The summed E-state index contributed by atoms with van der Waals surface area (Å²) in [5.74, 6) is -0.843. The van der Waals surface area contributed by atoms with Gasteiger partial charge in [0.05, 0.1) is 12.0 Å². The molecular formula is C11H20N2O3. The Kier molecular flexibility index (Phi) is 4.29. The van der Waals surface area contributed by atoms with E-state index in [1.807, 2.05) is 13.8 Å². The van der Waals surface area contributed by atoms with Crippen molar-refractivity contribution in [2.75, 3.05) is 19.6 Å². The van der Waals surface area contributed by atoms with E-state index < -0.39 is 11.5 Å². The second kappa shape index (κ2) is 5.30. The van der Waals surface area contributed by atoms with E-state index in [-0.39, 0.29) is 12.3 Å². The lowest BCUT2D eigenvalue weighted by molar-refractivity contribution is -0.140. The molecule has 92 valence electrons. The van der Waals surface area contributed by atoms with E-state index in [0.717, 1.165) is 19.4 Å². The summed E-state index contributed by atoms with van der Waals surface area (Å²) in [5, 5.41) is 11.8. The predicted molar refractivity (Wildman–Crippen MR) is 60.1 cm³/mol. The summed E-state index contributed by atoms with van der Waals surface area (Å²) in [6.45, 7) is 5.48. The number of carbonyl (C=O) groups is 2. The highest BCUT2D eigenvalue weighted by Crippen LogP contribution is 2.21. The lowest BCUT2D eigenvalue weighted by Crippen LogP contribution is -2.53. The molecule has 2 N–H and O–H groups in total. The van der Waals surface area contributed by atoms with Crippen LogP contribution in [0.25, 0.3) is 0 Å². The molecule has 1 fully saturated rings. The molecule has 1 rings (SSSR count). The largest absolute Gasteiger partial charge is 0.481 e.